The van der Waals surface area contributed by atoms with Crippen LogP contribution in [-0.4, -0.2) is 55.5 Å². The number of aryl methyl sites for hydroxylation is 1. The summed E-state index contributed by atoms with van der Waals surface area (Å²) in [6.07, 6.45) is 0.895. The maximum Gasteiger partial charge on any atom is 0.257 e. The van der Waals surface area contributed by atoms with Gasteiger partial charge in [0.2, 0.25) is 0 Å². The Morgan fingerprint density at radius 3 is 2.43 bits per heavy atom. The summed E-state index contributed by atoms with van der Waals surface area (Å²) in [6, 6.07) is 3.97. The summed E-state index contributed by atoms with van der Waals surface area (Å²) >= 11 is 3.51. The molecule has 1 aromatic carbocycles. The van der Waals surface area contributed by atoms with Gasteiger partial charge in [-0.1, -0.05) is 13.8 Å². The average molecular weight is 355 g/mol. The lowest BCUT2D eigenvalue weighted by Gasteiger charge is -2.34. The van der Waals surface area contributed by atoms with Crippen LogP contribution in [0.2, 0.25) is 0 Å². The van der Waals surface area contributed by atoms with Crippen LogP contribution in [0.15, 0.2) is 16.6 Å². The quantitative estimate of drug-likeness (QED) is 0.833. The van der Waals surface area contributed by atoms with E-state index in [1.54, 1.807) is 7.11 Å². The maximum absolute atomic E-state index is 12.8. The number of carbonyl (C=O) groups is 1. The predicted octanol–water partition coefficient (Wildman–Crippen LogP) is 2.80. The SMILES string of the molecule is CCc1cc(Br)c(OC)c(C(=O)N2CCN(CC)CC2)c1. The Labute approximate surface area is 135 Å². The Bertz CT molecular complexity index is 511. The zero-order chi connectivity index (χ0) is 15.4. The van der Waals surface area contributed by atoms with Crippen molar-refractivity contribution < 1.29 is 9.53 Å². The standard InChI is InChI=1S/C16H23BrN2O2/c1-4-12-10-13(15(21-3)14(17)11-12)16(20)19-8-6-18(5-2)7-9-19/h10-11H,4-9H2,1-3H3. The summed E-state index contributed by atoms with van der Waals surface area (Å²) in [5.41, 5.74) is 1.80. The first kappa shape index (κ1) is 16.3. The summed E-state index contributed by atoms with van der Waals surface area (Å²) in [4.78, 5) is 17.1. The number of nitrogens with zero attached hydrogens (tertiary/aromatic N) is 2. The monoisotopic (exact) mass is 354 g/mol. The van der Waals surface area contributed by atoms with Crippen LogP contribution in [0.4, 0.5) is 0 Å². The first-order valence-electron chi connectivity index (χ1n) is 7.48. The topological polar surface area (TPSA) is 32.8 Å². The second-order valence-corrected chi connectivity index (χ2v) is 6.09. The molecular formula is C16H23BrN2O2. The number of hydrogen-bond acceptors (Lipinski definition) is 3. The summed E-state index contributed by atoms with van der Waals surface area (Å²) < 4.78 is 6.27. The van der Waals surface area contributed by atoms with E-state index in [9.17, 15) is 4.79 Å². The number of ether oxygens (including phenoxy) is 1. The molecule has 1 saturated heterocycles. The molecule has 116 valence electrons. The lowest BCUT2D eigenvalue weighted by atomic mass is 10.1. The van der Waals surface area contributed by atoms with Gasteiger partial charge in [0.05, 0.1) is 17.1 Å². The number of carbonyl (C=O) groups excluding carboxylic acids is 1. The van der Waals surface area contributed by atoms with Crippen LogP contribution in [0, 0.1) is 0 Å². The van der Waals surface area contributed by atoms with E-state index in [2.05, 4.69) is 34.7 Å². The molecule has 0 saturated carbocycles. The van der Waals surface area contributed by atoms with Crippen LogP contribution in [0.5, 0.6) is 5.75 Å². The van der Waals surface area contributed by atoms with E-state index in [1.807, 2.05) is 17.0 Å². The number of piperazine rings is 1. The predicted molar refractivity (Wildman–Crippen MR) is 88.1 cm³/mol. The molecule has 1 fully saturated rings. The van der Waals surface area contributed by atoms with Crippen molar-refractivity contribution in [1.29, 1.82) is 0 Å². The minimum atomic E-state index is 0.0682. The first-order valence-corrected chi connectivity index (χ1v) is 8.28. The normalized spacial score (nSPS) is 16.1. The molecule has 0 bridgehead atoms. The molecular weight excluding hydrogens is 332 g/mol. The fourth-order valence-electron chi connectivity index (χ4n) is 2.66. The third-order valence-corrected chi connectivity index (χ3v) is 4.64. The van der Waals surface area contributed by atoms with Crippen molar-refractivity contribution in [1.82, 2.24) is 9.80 Å². The number of methoxy groups -OCH3 is 1. The van der Waals surface area contributed by atoms with Crippen LogP contribution in [0.1, 0.15) is 29.8 Å². The van der Waals surface area contributed by atoms with Gasteiger partial charge in [0.1, 0.15) is 5.75 Å². The molecule has 0 aliphatic carbocycles. The van der Waals surface area contributed by atoms with Crippen molar-refractivity contribution >= 4 is 21.8 Å². The van der Waals surface area contributed by atoms with Crippen LogP contribution in [0.3, 0.4) is 0 Å². The molecule has 1 amide bonds. The fraction of sp³-hybridized carbons (Fsp3) is 0.562. The van der Waals surface area contributed by atoms with Crippen molar-refractivity contribution in [2.24, 2.45) is 0 Å². The van der Waals surface area contributed by atoms with Gasteiger partial charge in [-0.15, -0.1) is 0 Å². The minimum Gasteiger partial charge on any atom is -0.495 e. The highest BCUT2D eigenvalue weighted by Crippen LogP contribution is 2.32. The first-order chi connectivity index (χ1) is 10.1. The van der Waals surface area contributed by atoms with Gasteiger partial charge < -0.3 is 14.5 Å². The van der Waals surface area contributed by atoms with E-state index in [-0.39, 0.29) is 5.91 Å². The van der Waals surface area contributed by atoms with Gasteiger partial charge in [-0.05, 0) is 46.6 Å². The number of hydrogen-bond donors (Lipinski definition) is 0. The summed E-state index contributed by atoms with van der Waals surface area (Å²) in [6.45, 7) is 8.74. The Kier molecular flexibility index (Phi) is 5.65. The minimum absolute atomic E-state index is 0.0682. The van der Waals surface area contributed by atoms with E-state index in [0.717, 1.165) is 49.2 Å². The van der Waals surface area contributed by atoms with Gasteiger partial charge in [0.25, 0.3) is 5.91 Å². The average Bonchev–Trinajstić information content (AvgIpc) is 2.53. The fourth-order valence-corrected chi connectivity index (χ4v) is 3.33. The summed E-state index contributed by atoms with van der Waals surface area (Å²) in [5, 5.41) is 0. The Morgan fingerprint density at radius 1 is 1.24 bits per heavy atom. The largest absolute Gasteiger partial charge is 0.495 e. The maximum atomic E-state index is 12.8. The van der Waals surface area contributed by atoms with E-state index < -0.39 is 0 Å². The van der Waals surface area contributed by atoms with Gasteiger partial charge in [0.15, 0.2) is 0 Å². The van der Waals surface area contributed by atoms with E-state index in [1.165, 1.54) is 0 Å². The molecule has 2 rings (SSSR count). The smallest absolute Gasteiger partial charge is 0.257 e. The van der Waals surface area contributed by atoms with Gasteiger partial charge in [-0.3, -0.25) is 4.79 Å². The third-order valence-electron chi connectivity index (χ3n) is 4.05. The lowest BCUT2D eigenvalue weighted by Crippen LogP contribution is -2.48. The van der Waals surface area contributed by atoms with Crippen LogP contribution in [0.25, 0.3) is 0 Å². The molecule has 0 unspecified atom stereocenters. The molecule has 1 aromatic rings. The lowest BCUT2D eigenvalue weighted by molar-refractivity contribution is 0.0640. The molecule has 0 N–H and O–H groups in total. The molecule has 0 atom stereocenters. The molecule has 1 aliphatic rings. The van der Waals surface area contributed by atoms with Gasteiger partial charge >= 0.3 is 0 Å². The Hall–Kier alpha value is -1.07. The third kappa shape index (κ3) is 3.58. The molecule has 0 radical (unpaired) electrons. The van der Waals surface area contributed by atoms with Crippen molar-refractivity contribution in [2.45, 2.75) is 20.3 Å². The number of benzene rings is 1. The molecule has 4 nitrogen and oxygen atoms in total. The zero-order valence-electron chi connectivity index (χ0n) is 13.0. The van der Waals surface area contributed by atoms with Crippen molar-refractivity contribution in [2.75, 3.05) is 39.8 Å². The summed E-state index contributed by atoms with van der Waals surface area (Å²) in [5.74, 6) is 0.703. The molecule has 1 aliphatic heterocycles. The molecule has 0 spiro atoms. The Balaban J connectivity index is 2.24. The van der Waals surface area contributed by atoms with E-state index in [4.69, 9.17) is 4.74 Å². The molecule has 21 heavy (non-hydrogen) atoms. The van der Waals surface area contributed by atoms with Crippen LogP contribution in [-0.2, 0) is 6.42 Å². The molecule has 0 aromatic heterocycles. The summed E-state index contributed by atoms with van der Waals surface area (Å²) in [7, 11) is 1.61. The molecule has 5 heteroatoms. The Morgan fingerprint density at radius 2 is 1.90 bits per heavy atom. The second kappa shape index (κ2) is 7.27. The zero-order valence-corrected chi connectivity index (χ0v) is 14.6. The molecule has 1 heterocycles. The van der Waals surface area contributed by atoms with Crippen molar-refractivity contribution in [3.63, 3.8) is 0 Å². The van der Waals surface area contributed by atoms with Gasteiger partial charge in [-0.2, -0.15) is 0 Å². The number of halogens is 1. The highest BCUT2D eigenvalue weighted by molar-refractivity contribution is 9.10. The second-order valence-electron chi connectivity index (χ2n) is 5.24. The number of likely N-dealkylation sites (N-methyl/N-ethyl adjacent to an activating group) is 1. The van der Waals surface area contributed by atoms with Gasteiger partial charge in [0, 0.05) is 26.2 Å². The van der Waals surface area contributed by atoms with E-state index >= 15 is 0 Å². The van der Waals surface area contributed by atoms with Gasteiger partial charge in [-0.25, -0.2) is 0 Å². The van der Waals surface area contributed by atoms with Crippen molar-refractivity contribution in [3.8, 4) is 5.75 Å². The number of amides is 1. The van der Waals surface area contributed by atoms with Crippen LogP contribution >= 0.6 is 15.9 Å². The van der Waals surface area contributed by atoms with E-state index in [0.29, 0.717) is 11.3 Å². The van der Waals surface area contributed by atoms with Crippen molar-refractivity contribution in [3.05, 3.63) is 27.7 Å². The van der Waals surface area contributed by atoms with Crippen LogP contribution < -0.4 is 4.74 Å². The highest BCUT2D eigenvalue weighted by Gasteiger charge is 2.25. The number of rotatable bonds is 4. The highest BCUT2D eigenvalue weighted by atomic mass is 79.9.